The van der Waals surface area contributed by atoms with E-state index in [0.29, 0.717) is 12.6 Å². The highest BCUT2D eigenvalue weighted by atomic mass is 19.1. The Bertz CT molecular complexity index is 464. The molecule has 1 saturated heterocycles. The molecule has 1 fully saturated rings. The summed E-state index contributed by atoms with van der Waals surface area (Å²) in [6.07, 6.45) is 2.19. The zero-order valence-electron chi connectivity index (χ0n) is 11.2. The summed E-state index contributed by atoms with van der Waals surface area (Å²) in [5, 5.41) is 0. The van der Waals surface area contributed by atoms with Crippen LogP contribution in [0.15, 0.2) is 18.2 Å². The summed E-state index contributed by atoms with van der Waals surface area (Å²) in [5.74, 6) is -0.704. The van der Waals surface area contributed by atoms with Crippen LogP contribution in [-0.4, -0.2) is 44.2 Å². The molecule has 2 rings (SSSR count). The van der Waals surface area contributed by atoms with Gasteiger partial charge in [0.05, 0.1) is 7.11 Å². The van der Waals surface area contributed by atoms with E-state index in [2.05, 4.69) is 9.64 Å². The smallest absolute Gasteiger partial charge is 0.341 e. The molecule has 19 heavy (non-hydrogen) atoms. The molecule has 0 aliphatic carbocycles. The number of benzene rings is 1. The quantitative estimate of drug-likeness (QED) is 0.783. The molecule has 5 heteroatoms. The van der Waals surface area contributed by atoms with Gasteiger partial charge in [0.2, 0.25) is 0 Å². The van der Waals surface area contributed by atoms with Crippen LogP contribution in [0, 0.1) is 5.82 Å². The van der Waals surface area contributed by atoms with E-state index in [1.807, 2.05) is 7.05 Å². The first-order chi connectivity index (χ1) is 9.11. The lowest BCUT2D eigenvalue weighted by atomic mass is 10.2. The minimum Gasteiger partial charge on any atom is -0.491 e. The van der Waals surface area contributed by atoms with Crippen molar-refractivity contribution in [3.05, 3.63) is 29.6 Å². The standard InChI is InChI=1S/C14H18FNO3/c1-16-7-3-4-11(16)9-19-13-8-10(15)5-6-12(13)14(17)18-2/h5-6,8,11H,3-4,7,9H2,1-2H3/t11-/m0/s1. The van der Waals surface area contributed by atoms with Gasteiger partial charge >= 0.3 is 5.97 Å². The number of likely N-dealkylation sites (tertiary alicyclic amines) is 1. The van der Waals surface area contributed by atoms with Gasteiger partial charge in [-0.3, -0.25) is 0 Å². The van der Waals surface area contributed by atoms with E-state index < -0.39 is 11.8 Å². The van der Waals surface area contributed by atoms with Crippen LogP contribution in [0.4, 0.5) is 4.39 Å². The molecule has 1 aromatic carbocycles. The number of esters is 1. The van der Waals surface area contributed by atoms with E-state index in [-0.39, 0.29) is 11.3 Å². The zero-order chi connectivity index (χ0) is 13.8. The number of hydrogen-bond acceptors (Lipinski definition) is 4. The molecule has 1 aliphatic heterocycles. The number of rotatable bonds is 4. The average molecular weight is 267 g/mol. The van der Waals surface area contributed by atoms with Crippen LogP contribution < -0.4 is 4.74 Å². The van der Waals surface area contributed by atoms with Gasteiger partial charge in [-0.05, 0) is 38.6 Å². The number of hydrogen-bond donors (Lipinski definition) is 0. The lowest BCUT2D eigenvalue weighted by Gasteiger charge is -2.20. The second-order valence-corrected chi connectivity index (χ2v) is 4.72. The van der Waals surface area contributed by atoms with Crippen molar-refractivity contribution >= 4 is 5.97 Å². The van der Waals surface area contributed by atoms with Crippen LogP contribution in [0.3, 0.4) is 0 Å². The van der Waals surface area contributed by atoms with Crippen LogP contribution >= 0.6 is 0 Å². The summed E-state index contributed by atoms with van der Waals surface area (Å²) in [6, 6.07) is 4.14. The maximum atomic E-state index is 13.2. The van der Waals surface area contributed by atoms with Crippen molar-refractivity contribution in [1.82, 2.24) is 4.90 Å². The molecule has 0 unspecified atom stereocenters. The summed E-state index contributed by atoms with van der Waals surface area (Å²) in [7, 11) is 3.33. The predicted molar refractivity (Wildman–Crippen MR) is 68.9 cm³/mol. The van der Waals surface area contributed by atoms with E-state index >= 15 is 0 Å². The number of ether oxygens (including phenoxy) is 2. The molecule has 0 radical (unpaired) electrons. The lowest BCUT2D eigenvalue weighted by Crippen LogP contribution is -2.30. The molecule has 0 saturated carbocycles. The minimum atomic E-state index is -0.519. The topological polar surface area (TPSA) is 38.8 Å². The van der Waals surface area contributed by atoms with Crippen LogP contribution in [0.1, 0.15) is 23.2 Å². The molecule has 0 amide bonds. The van der Waals surface area contributed by atoms with Crippen LogP contribution in [0.5, 0.6) is 5.75 Å². The Hall–Kier alpha value is -1.62. The SMILES string of the molecule is COC(=O)c1ccc(F)cc1OC[C@@H]1CCCN1C. The molecule has 4 nitrogen and oxygen atoms in total. The van der Waals surface area contributed by atoms with Gasteiger partial charge in [-0.2, -0.15) is 0 Å². The molecule has 1 atom stereocenters. The molecular formula is C14H18FNO3. The van der Waals surface area contributed by atoms with E-state index in [1.54, 1.807) is 0 Å². The number of halogens is 1. The van der Waals surface area contributed by atoms with Gasteiger partial charge in [-0.1, -0.05) is 0 Å². The number of nitrogens with zero attached hydrogens (tertiary/aromatic N) is 1. The van der Waals surface area contributed by atoms with Crippen molar-refractivity contribution in [3.63, 3.8) is 0 Å². The second kappa shape index (κ2) is 6.02. The Balaban J connectivity index is 2.09. The number of methoxy groups -OCH3 is 1. The highest BCUT2D eigenvalue weighted by molar-refractivity contribution is 5.92. The summed E-state index contributed by atoms with van der Waals surface area (Å²) in [5.41, 5.74) is 0.254. The van der Waals surface area contributed by atoms with Gasteiger partial charge in [0.15, 0.2) is 0 Å². The molecule has 1 aromatic rings. The van der Waals surface area contributed by atoms with Crippen molar-refractivity contribution in [1.29, 1.82) is 0 Å². The van der Waals surface area contributed by atoms with Crippen molar-refractivity contribution in [3.8, 4) is 5.75 Å². The fraction of sp³-hybridized carbons (Fsp3) is 0.500. The maximum absolute atomic E-state index is 13.2. The van der Waals surface area contributed by atoms with Crippen molar-refractivity contribution < 1.29 is 18.7 Å². The zero-order valence-corrected chi connectivity index (χ0v) is 11.2. The van der Waals surface area contributed by atoms with Gasteiger partial charge in [-0.25, -0.2) is 9.18 Å². The Morgan fingerprint density at radius 2 is 2.32 bits per heavy atom. The van der Waals surface area contributed by atoms with E-state index in [4.69, 9.17) is 4.74 Å². The molecule has 0 N–H and O–H groups in total. The minimum absolute atomic E-state index is 0.243. The molecule has 1 aliphatic rings. The van der Waals surface area contributed by atoms with Gasteiger partial charge < -0.3 is 14.4 Å². The van der Waals surface area contributed by atoms with E-state index in [0.717, 1.165) is 19.4 Å². The Morgan fingerprint density at radius 1 is 1.53 bits per heavy atom. The first kappa shape index (κ1) is 13.8. The number of likely N-dealkylation sites (N-methyl/N-ethyl adjacent to an activating group) is 1. The van der Waals surface area contributed by atoms with Gasteiger partial charge in [0, 0.05) is 12.1 Å². The molecular weight excluding hydrogens is 249 g/mol. The Morgan fingerprint density at radius 3 is 2.95 bits per heavy atom. The monoisotopic (exact) mass is 267 g/mol. The third-order valence-corrected chi connectivity index (χ3v) is 3.45. The van der Waals surface area contributed by atoms with Crippen molar-refractivity contribution in [2.75, 3.05) is 27.3 Å². The summed E-state index contributed by atoms with van der Waals surface area (Å²) in [4.78, 5) is 13.8. The summed E-state index contributed by atoms with van der Waals surface area (Å²) >= 11 is 0. The number of carbonyl (C=O) groups excluding carboxylic acids is 1. The van der Waals surface area contributed by atoms with Gasteiger partial charge in [0.25, 0.3) is 0 Å². The van der Waals surface area contributed by atoms with Crippen molar-refractivity contribution in [2.45, 2.75) is 18.9 Å². The number of carbonyl (C=O) groups is 1. The predicted octanol–water partition coefficient (Wildman–Crippen LogP) is 2.09. The van der Waals surface area contributed by atoms with Crippen molar-refractivity contribution in [2.24, 2.45) is 0 Å². The van der Waals surface area contributed by atoms with Crippen LogP contribution in [0.25, 0.3) is 0 Å². The van der Waals surface area contributed by atoms with E-state index in [9.17, 15) is 9.18 Å². The first-order valence-electron chi connectivity index (χ1n) is 6.32. The summed E-state index contributed by atoms with van der Waals surface area (Å²) in [6.45, 7) is 1.49. The molecule has 1 heterocycles. The fourth-order valence-electron chi connectivity index (χ4n) is 2.27. The lowest BCUT2D eigenvalue weighted by molar-refractivity contribution is 0.0594. The first-order valence-corrected chi connectivity index (χ1v) is 6.32. The van der Waals surface area contributed by atoms with Crippen LogP contribution in [-0.2, 0) is 4.74 Å². The molecule has 0 spiro atoms. The molecule has 104 valence electrons. The average Bonchev–Trinajstić information content (AvgIpc) is 2.81. The van der Waals surface area contributed by atoms with Gasteiger partial charge in [0.1, 0.15) is 23.7 Å². The molecule has 0 aromatic heterocycles. The second-order valence-electron chi connectivity index (χ2n) is 4.72. The highest BCUT2D eigenvalue weighted by Crippen LogP contribution is 2.23. The Kier molecular flexibility index (Phi) is 4.37. The highest BCUT2D eigenvalue weighted by Gasteiger charge is 2.22. The third-order valence-electron chi connectivity index (χ3n) is 3.45. The normalized spacial score (nSPS) is 19.4. The van der Waals surface area contributed by atoms with E-state index in [1.165, 1.54) is 25.3 Å². The van der Waals surface area contributed by atoms with Gasteiger partial charge in [-0.15, -0.1) is 0 Å². The largest absolute Gasteiger partial charge is 0.491 e. The third kappa shape index (κ3) is 3.23. The Labute approximate surface area is 112 Å². The van der Waals surface area contributed by atoms with Crippen LogP contribution in [0.2, 0.25) is 0 Å². The maximum Gasteiger partial charge on any atom is 0.341 e. The molecule has 0 bridgehead atoms. The fourth-order valence-corrected chi connectivity index (χ4v) is 2.27. The summed E-state index contributed by atoms with van der Waals surface area (Å²) < 4.78 is 23.5.